The van der Waals surface area contributed by atoms with Crippen LogP contribution in [0, 0.1) is 16.0 Å². The molecular formula is C20H21N3O5. The van der Waals surface area contributed by atoms with E-state index in [2.05, 4.69) is 10.6 Å². The van der Waals surface area contributed by atoms with Crippen LogP contribution in [-0.4, -0.2) is 23.3 Å². The van der Waals surface area contributed by atoms with Crippen LogP contribution in [0.1, 0.15) is 35.7 Å². The molecule has 1 aliphatic carbocycles. The minimum Gasteiger partial charge on any atom is -0.487 e. The van der Waals surface area contributed by atoms with Crippen LogP contribution in [0.15, 0.2) is 42.5 Å². The van der Waals surface area contributed by atoms with Crippen molar-refractivity contribution in [1.82, 2.24) is 5.32 Å². The fraction of sp³-hybridized carbons (Fsp3) is 0.300. The SMILES string of the molecule is CCOc1ccc(C(=O)NCc2cccc(NC(=O)C3CC3)c2)cc1[N+](=O)[O-]. The topological polar surface area (TPSA) is 111 Å². The molecule has 0 radical (unpaired) electrons. The summed E-state index contributed by atoms with van der Waals surface area (Å²) in [6.07, 6.45) is 1.85. The van der Waals surface area contributed by atoms with Gasteiger partial charge in [-0.15, -0.1) is 0 Å². The van der Waals surface area contributed by atoms with Gasteiger partial charge in [-0.25, -0.2) is 0 Å². The molecule has 0 atom stereocenters. The number of amides is 2. The molecule has 8 nitrogen and oxygen atoms in total. The predicted octanol–water partition coefficient (Wildman–Crippen LogP) is 3.27. The van der Waals surface area contributed by atoms with Crippen LogP contribution in [0.5, 0.6) is 5.75 Å². The average Bonchev–Trinajstić information content (AvgIpc) is 3.52. The molecule has 146 valence electrons. The highest BCUT2D eigenvalue weighted by atomic mass is 16.6. The first-order valence-corrected chi connectivity index (χ1v) is 9.07. The minimum atomic E-state index is -0.576. The maximum absolute atomic E-state index is 12.4. The Morgan fingerprint density at radius 1 is 1.21 bits per heavy atom. The first kappa shape index (κ1) is 19.3. The largest absolute Gasteiger partial charge is 0.487 e. The number of benzene rings is 2. The summed E-state index contributed by atoms with van der Waals surface area (Å²) in [5.74, 6) is -0.177. The number of rotatable bonds is 8. The first-order chi connectivity index (χ1) is 13.5. The fourth-order valence-electron chi connectivity index (χ4n) is 2.71. The van der Waals surface area contributed by atoms with E-state index in [0.29, 0.717) is 12.3 Å². The van der Waals surface area contributed by atoms with Crippen LogP contribution in [-0.2, 0) is 11.3 Å². The zero-order chi connectivity index (χ0) is 20.1. The molecule has 0 aromatic heterocycles. The Labute approximate surface area is 162 Å². The Kier molecular flexibility index (Phi) is 5.88. The summed E-state index contributed by atoms with van der Waals surface area (Å²) < 4.78 is 5.22. The van der Waals surface area contributed by atoms with Gasteiger partial charge in [-0.1, -0.05) is 12.1 Å². The first-order valence-electron chi connectivity index (χ1n) is 9.07. The van der Waals surface area contributed by atoms with Gasteiger partial charge in [0.05, 0.1) is 11.5 Å². The molecule has 0 bridgehead atoms. The van der Waals surface area contributed by atoms with Crippen molar-refractivity contribution in [2.75, 3.05) is 11.9 Å². The summed E-state index contributed by atoms with van der Waals surface area (Å²) in [5, 5.41) is 16.8. The van der Waals surface area contributed by atoms with E-state index in [4.69, 9.17) is 4.74 Å². The highest BCUT2D eigenvalue weighted by Crippen LogP contribution is 2.30. The highest BCUT2D eigenvalue weighted by molar-refractivity contribution is 5.95. The van der Waals surface area contributed by atoms with E-state index < -0.39 is 10.8 Å². The van der Waals surface area contributed by atoms with Crippen molar-refractivity contribution in [3.05, 3.63) is 63.7 Å². The van der Waals surface area contributed by atoms with Gasteiger partial charge in [0.25, 0.3) is 5.91 Å². The monoisotopic (exact) mass is 383 g/mol. The highest BCUT2D eigenvalue weighted by Gasteiger charge is 2.29. The second-order valence-corrected chi connectivity index (χ2v) is 6.52. The normalized spacial score (nSPS) is 12.9. The number of nitrogens with zero attached hydrogens (tertiary/aromatic N) is 1. The summed E-state index contributed by atoms with van der Waals surface area (Å²) in [7, 11) is 0. The van der Waals surface area contributed by atoms with Gasteiger partial charge in [0, 0.05) is 29.8 Å². The molecule has 0 aliphatic heterocycles. The third-order valence-electron chi connectivity index (χ3n) is 4.31. The third-order valence-corrected chi connectivity index (χ3v) is 4.31. The molecule has 1 fully saturated rings. The van der Waals surface area contributed by atoms with Crippen molar-refractivity contribution in [3.8, 4) is 5.75 Å². The molecule has 0 spiro atoms. The Morgan fingerprint density at radius 2 is 2.00 bits per heavy atom. The minimum absolute atomic E-state index is 0.0166. The van der Waals surface area contributed by atoms with Gasteiger partial charge in [0.15, 0.2) is 5.75 Å². The van der Waals surface area contributed by atoms with Crippen LogP contribution < -0.4 is 15.4 Å². The lowest BCUT2D eigenvalue weighted by Crippen LogP contribution is -2.23. The Balaban J connectivity index is 1.64. The Hall–Kier alpha value is -3.42. The smallest absolute Gasteiger partial charge is 0.311 e. The quantitative estimate of drug-likeness (QED) is 0.537. The number of ether oxygens (including phenoxy) is 1. The van der Waals surface area contributed by atoms with Crippen LogP contribution in [0.2, 0.25) is 0 Å². The number of anilines is 1. The van der Waals surface area contributed by atoms with Crippen LogP contribution in [0.3, 0.4) is 0 Å². The molecule has 2 amide bonds. The number of carbonyl (C=O) groups excluding carboxylic acids is 2. The average molecular weight is 383 g/mol. The lowest BCUT2D eigenvalue weighted by molar-refractivity contribution is -0.385. The van der Waals surface area contributed by atoms with Gasteiger partial charge >= 0.3 is 5.69 Å². The Bertz CT molecular complexity index is 908. The van der Waals surface area contributed by atoms with Gasteiger partial charge < -0.3 is 15.4 Å². The van der Waals surface area contributed by atoms with Crippen LogP contribution in [0.25, 0.3) is 0 Å². The van der Waals surface area contributed by atoms with E-state index in [1.807, 2.05) is 6.07 Å². The lowest BCUT2D eigenvalue weighted by Gasteiger charge is -2.09. The Morgan fingerprint density at radius 3 is 2.68 bits per heavy atom. The number of nitro benzene ring substituents is 1. The van der Waals surface area contributed by atoms with Crippen molar-refractivity contribution >= 4 is 23.2 Å². The fourth-order valence-corrected chi connectivity index (χ4v) is 2.71. The molecule has 1 saturated carbocycles. The van der Waals surface area contributed by atoms with Gasteiger partial charge in [-0.3, -0.25) is 19.7 Å². The molecule has 2 N–H and O–H groups in total. The third kappa shape index (κ3) is 4.85. The van der Waals surface area contributed by atoms with E-state index in [9.17, 15) is 19.7 Å². The number of hydrogen-bond acceptors (Lipinski definition) is 5. The number of hydrogen-bond donors (Lipinski definition) is 2. The lowest BCUT2D eigenvalue weighted by atomic mass is 10.1. The van der Waals surface area contributed by atoms with E-state index in [-0.39, 0.29) is 35.4 Å². The zero-order valence-electron chi connectivity index (χ0n) is 15.4. The van der Waals surface area contributed by atoms with Crippen molar-refractivity contribution in [3.63, 3.8) is 0 Å². The summed E-state index contributed by atoms with van der Waals surface area (Å²) in [5.41, 5.74) is 1.41. The van der Waals surface area contributed by atoms with Gasteiger partial charge in [-0.2, -0.15) is 0 Å². The van der Waals surface area contributed by atoms with Gasteiger partial charge in [0.2, 0.25) is 5.91 Å². The summed E-state index contributed by atoms with van der Waals surface area (Å²) in [6, 6.07) is 11.3. The second kappa shape index (κ2) is 8.51. The maximum atomic E-state index is 12.4. The van der Waals surface area contributed by atoms with Gasteiger partial charge in [0.1, 0.15) is 0 Å². The molecule has 0 unspecified atom stereocenters. The van der Waals surface area contributed by atoms with Crippen LogP contribution in [0.4, 0.5) is 11.4 Å². The molecular weight excluding hydrogens is 362 g/mol. The van der Waals surface area contributed by atoms with Crippen molar-refractivity contribution in [1.29, 1.82) is 0 Å². The number of nitrogens with one attached hydrogen (secondary N) is 2. The molecule has 28 heavy (non-hydrogen) atoms. The predicted molar refractivity (Wildman–Crippen MR) is 103 cm³/mol. The number of nitro groups is 1. The van der Waals surface area contributed by atoms with Crippen molar-refractivity contribution < 1.29 is 19.2 Å². The van der Waals surface area contributed by atoms with Crippen molar-refractivity contribution in [2.24, 2.45) is 5.92 Å². The second-order valence-electron chi connectivity index (χ2n) is 6.52. The zero-order valence-corrected chi connectivity index (χ0v) is 15.4. The number of carbonyl (C=O) groups is 2. The van der Waals surface area contributed by atoms with Crippen molar-refractivity contribution in [2.45, 2.75) is 26.3 Å². The molecule has 2 aromatic rings. The molecule has 0 heterocycles. The molecule has 8 heteroatoms. The maximum Gasteiger partial charge on any atom is 0.311 e. The molecule has 2 aromatic carbocycles. The van der Waals surface area contributed by atoms with E-state index in [1.54, 1.807) is 25.1 Å². The summed E-state index contributed by atoms with van der Waals surface area (Å²) in [6.45, 7) is 2.25. The standard InChI is InChI=1S/C20H21N3O5/c1-2-28-18-9-8-15(11-17(18)23(26)27)19(24)21-12-13-4-3-5-16(10-13)22-20(25)14-6-7-14/h3-5,8-11,14H,2,6-7,12H2,1H3,(H,21,24)(H,22,25). The van der Waals surface area contributed by atoms with E-state index >= 15 is 0 Å². The molecule has 3 rings (SSSR count). The van der Waals surface area contributed by atoms with E-state index in [0.717, 1.165) is 18.4 Å². The van der Waals surface area contributed by atoms with Crippen LogP contribution >= 0.6 is 0 Å². The molecule has 0 saturated heterocycles. The van der Waals surface area contributed by atoms with Gasteiger partial charge in [-0.05, 0) is 49.6 Å². The summed E-state index contributed by atoms with van der Waals surface area (Å²) >= 11 is 0. The van der Waals surface area contributed by atoms with E-state index in [1.165, 1.54) is 18.2 Å². The molecule has 1 aliphatic rings. The summed E-state index contributed by atoms with van der Waals surface area (Å²) in [4.78, 5) is 34.8.